The Kier molecular flexibility index (Phi) is 6.83. The van der Waals surface area contributed by atoms with Gasteiger partial charge in [0.2, 0.25) is 5.95 Å². The molecule has 194 valence electrons. The zero-order chi connectivity index (χ0) is 25.8. The number of aromatic nitrogens is 4. The zero-order valence-electron chi connectivity index (χ0n) is 21.1. The van der Waals surface area contributed by atoms with Gasteiger partial charge in [-0.2, -0.15) is 0 Å². The minimum atomic E-state index is -1.15. The number of nitrogens with one attached hydrogen (secondary N) is 1. The fourth-order valence-electron chi connectivity index (χ4n) is 5.63. The molecule has 1 saturated heterocycles. The van der Waals surface area contributed by atoms with Gasteiger partial charge in [0.1, 0.15) is 21.2 Å². The molecule has 0 bridgehead atoms. The quantitative estimate of drug-likeness (QED) is 0.431. The van der Waals surface area contributed by atoms with Crippen LogP contribution in [-0.4, -0.2) is 47.8 Å². The number of aryl methyl sites for hydroxylation is 1. The molecule has 2 atom stereocenters. The largest absolute Gasteiger partial charge is 0.598 e. The molecular formula is C25H33Cl2N7OS. The number of halogens is 2. The Morgan fingerprint density at radius 2 is 1.89 bits per heavy atom. The van der Waals surface area contributed by atoms with Crippen LogP contribution < -0.4 is 15.4 Å². The van der Waals surface area contributed by atoms with Crippen molar-refractivity contribution in [2.75, 3.05) is 23.7 Å². The Morgan fingerprint density at radius 3 is 2.58 bits per heavy atom. The number of nitrogens with two attached hydrogens (primary N) is 1. The number of hydrogen-bond donors (Lipinski definition) is 2. The smallest absolute Gasteiger partial charge is 0.211 e. The summed E-state index contributed by atoms with van der Waals surface area (Å²) in [5, 5.41) is 0.558. The molecule has 36 heavy (non-hydrogen) atoms. The molecule has 2 aliphatic rings. The topological polar surface area (TPSA) is 107 Å². The van der Waals surface area contributed by atoms with Gasteiger partial charge in [-0.25, -0.2) is 15.0 Å². The molecular weight excluding hydrogens is 517 g/mol. The van der Waals surface area contributed by atoms with Crippen LogP contribution >= 0.6 is 23.2 Å². The fourth-order valence-corrected chi connectivity index (χ4v) is 6.95. The number of nitrogen functional groups attached to an aromatic ring is 1. The molecule has 11 heteroatoms. The van der Waals surface area contributed by atoms with E-state index >= 15 is 0 Å². The summed E-state index contributed by atoms with van der Waals surface area (Å²) in [7, 11) is 0. The predicted molar refractivity (Wildman–Crippen MR) is 148 cm³/mol. The Labute approximate surface area is 225 Å². The third kappa shape index (κ3) is 4.43. The molecule has 2 unspecified atom stereocenters. The fraction of sp³-hybridized carbons (Fsp3) is 0.560. The second kappa shape index (κ2) is 9.51. The molecule has 0 radical (unpaired) electrons. The molecule has 1 spiro atoms. The monoisotopic (exact) mass is 549 g/mol. The van der Waals surface area contributed by atoms with Crippen LogP contribution in [0, 0.1) is 12.3 Å². The Hall–Kier alpha value is -1.78. The summed E-state index contributed by atoms with van der Waals surface area (Å²) in [5.74, 6) is 1.00. The number of anilines is 2. The standard InChI is InChI=1S/C25H33Cl2N7OS/c1-15-18(16-13-30-21(28)20(27)19(16)26)22-29-10-12-34(22)23(31-15)33-11-9-25(7-5-6-8-25)17(14-33)32-36(35)24(2,3)4/h10,12-13,17,32H,5-9,11,14H2,1-4H3,(H2,28,30). The zero-order valence-corrected chi connectivity index (χ0v) is 23.5. The average molecular weight is 551 g/mol. The lowest BCUT2D eigenvalue weighted by Gasteiger charge is -2.47. The third-order valence-electron chi connectivity index (χ3n) is 7.67. The molecule has 0 aromatic carbocycles. The van der Waals surface area contributed by atoms with Gasteiger partial charge < -0.3 is 15.2 Å². The first-order valence-electron chi connectivity index (χ1n) is 12.4. The van der Waals surface area contributed by atoms with E-state index in [2.05, 4.69) is 19.6 Å². The minimum absolute atomic E-state index is 0.115. The Balaban J connectivity index is 1.54. The van der Waals surface area contributed by atoms with Crippen LogP contribution in [0.4, 0.5) is 11.8 Å². The molecule has 5 rings (SSSR count). The van der Waals surface area contributed by atoms with E-state index < -0.39 is 11.4 Å². The van der Waals surface area contributed by atoms with Crippen LogP contribution in [0.1, 0.15) is 58.6 Å². The summed E-state index contributed by atoms with van der Waals surface area (Å²) >= 11 is 11.7. The lowest BCUT2D eigenvalue weighted by molar-refractivity contribution is 0.174. The maximum absolute atomic E-state index is 13.1. The predicted octanol–water partition coefficient (Wildman–Crippen LogP) is 5.18. The third-order valence-corrected chi connectivity index (χ3v) is 10.2. The highest BCUT2D eigenvalue weighted by Gasteiger charge is 2.48. The van der Waals surface area contributed by atoms with Crippen molar-refractivity contribution < 1.29 is 4.55 Å². The van der Waals surface area contributed by atoms with Crippen LogP contribution in [0.15, 0.2) is 18.6 Å². The Morgan fingerprint density at radius 1 is 1.17 bits per heavy atom. The summed E-state index contributed by atoms with van der Waals surface area (Å²) in [6, 6.07) is 0.115. The minimum Gasteiger partial charge on any atom is -0.598 e. The van der Waals surface area contributed by atoms with E-state index in [1.54, 1.807) is 12.4 Å². The van der Waals surface area contributed by atoms with Crippen LogP contribution in [0.3, 0.4) is 0 Å². The number of nitrogens with zero attached hydrogens (tertiary/aromatic N) is 5. The van der Waals surface area contributed by atoms with E-state index in [9.17, 15) is 4.55 Å². The van der Waals surface area contributed by atoms with E-state index in [4.69, 9.17) is 33.9 Å². The number of piperidine rings is 1. The lowest BCUT2D eigenvalue weighted by atomic mass is 9.73. The highest BCUT2D eigenvalue weighted by atomic mass is 35.5. The number of imidazole rings is 1. The normalized spacial score (nSPS) is 21.0. The van der Waals surface area contributed by atoms with Gasteiger partial charge in [0.15, 0.2) is 0 Å². The lowest BCUT2D eigenvalue weighted by Crippen LogP contribution is -2.60. The number of pyridine rings is 1. The second-order valence-electron chi connectivity index (χ2n) is 11.0. The van der Waals surface area contributed by atoms with E-state index in [0.29, 0.717) is 10.6 Å². The van der Waals surface area contributed by atoms with Crippen LogP contribution in [0.5, 0.6) is 0 Å². The van der Waals surface area contributed by atoms with Gasteiger partial charge >= 0.3 is 0 Å². The molecule has 2 fully saturated rings. The first-order chi connectivity index (χ1) is 17.0. The van der Waals surface area contributed by atoms with Crippen molar-refractivity contribution in [2.24, 2.45) is 5.41 Å². The SMILES string of the molecule is Cc1nc(N2CCC3(CCCC3)C(N[S+]([O-])C(C)(C)C)C2)n2ccnc2c1-c1cnc(N)c(Cl)c1Cl. The molecule has 4 heterocycles. The first-order valence-corrected chi connectivity index (χ1v) is 14.3. The molecule has 0 amide bonds. The van der Waals surface area contributed by atoms with Crippen LogP contribution in [-0.2, 0) is 11.4 Å². The number of fused-ring (bicyclic) bond motifs is 1. The van der Waals surface area contributed by atoms with E-state index in [0.717, 1.165) is 42.4 Å². The maximum atomic E-state index is 13.1. The van der Waals surface area contributed by atoms with Gasteiger partial charge in [-0.05, 0) is 52.4 Å². The van der Waals surface area contributed by atoms with Gasteiger partial charge in [-0.3, -0.25) is 4.40 Å². The van der Waals surface area contributed by atoms with Gasteiger partial charge in [-0.15, -0.1) is 4.72 Å². The summed E-state index contributed by atoms with van der Waals surface area (Å²) in [4.78, 5) is 16.2. The van der Waals surface area contributed by atoms with Crippen molar-refractivity contribution in [3.05, 3.63) is 34.3 Å². The summed E-state index contributed by atoms with van der Waals surface area (Å²) in [5.41, 5.74) is 8.95. The van der Waals surface area contributed by atoms with Crippen molar-refractivity contribution >= 4 is 52.0 Å². The maximum Gasteiger partial charge on any atom is 0.211 e. The molecule has 3 aromatic heterocycles. The van der Waals surface area contributed by atoms with Crippen molar-refractivity contribution in [3.8, 4) is 11.1 Å². The molecule has 3 aromatic rings. The molecule has 1 aliphatic heterocycles. The Bertz CT molecular complexity index is 1290. The van der Waals surface area contributed by atoms with Crippen LogP contribution in [0.25, 0.3) is 16.8 Å². The van der Waals surface area contributed by atoms with Crippen molar-refractivity contribution in [1.29, 1.82) is 0 Å². The van der Waals surface area contributed by atoms with Gasteiger partial charge in [0.25, 0.3) is 0 Å². The first kappa shape index (κ1) is 25.9. The van der Waals surface area contributed by atoms with Crippen LogP contribution in [0.2, 0.25) is 10.0 Å². The highest BCUT2D eigenvalue weighted by molar-refractivity contribution is 7.90. The molecule has 1 aliphatic carbocycles. The van der Waals surface area contributed by atoms with Gasteiger partial charge in [-0.1, -0.05) is 36.0 Å². The van der Waals surface area contributed by atoms with E-state index in [1.165, 1.54) is 25.7 Å². The summed E-state index contributed by atoms with van der Waals surface area (Å²) in [6.45, 7) is 9.60. The van der Waals surface area contributed by atoms with E-state index in [-0.39, 0.29) is 27.0 Å². The van der Waals surface area contributed by atoms with Crippen molar-refractivity contribution in [2.45, 2.75) is 70.6 Å². The van der Waals surface area contributed by atoms with Gasteiger partial charge in [0.05, 0.1) is 16.8 Å². The second-order valence-corrected chi connectivity index (χ2v) is 13.7. The molecule has 3 N–H and O–H groups in total. The number of rotatable bonds is 4. The van der Waals surface area contributed by atoms with Gasteiger partial charge in [0, 0.05) is 54.2 Å². The molecule has 1 saturated carbocycles. The summed E-state index contributed by atoms with van der Waals surface area (Å²) in [6.07, 6.45) is 11.1. The summed E-state index contributed by atoms with van der Waals surface area (Å²) < 4.78 is 18.3. The van der Waals surface area contributed by atoms with Crippen molar-refractivity contribution in [3.63, 3.8) is 0 Å². The van der Waals surface area contributed by atoms with Crippen molar-refractivity contribution in [1.82, 2.24) is 24.1 Å². The molecule has 8 nitrogen and oxygen atoms in total. The number of hydrogen-bond acceptors (Lipinski definition) is 7. The highest BCUT2D eigenvalue weighted by Crippen LogP contribution is 2.47. The van der Waals surface area contributed by atoms with E-state index in [1.807, 2.05) is 38.3 Å². The average Bonchev–Trinajstić information content (AvgIpc) is 3.49.